The van der Waals surface area contributed by atoms with Gasteiger partial charge in [-0.2, -0.15) is 4.99 Å². The zero-order valence-electron chi connectivity index (χ0n) is 12.9. The molecule has 0 saturated heterocycles. The topological polar surface area (TPSA) is 91.8 Å². The number of fused-ring (bicyclic) bond motifs is 1. The third-order valence-electron chi connectivity index (χ3n) is 3.70. The van der Waals surface area contributed by atoms with E-state index in [1.54, 1.807) is 0 Å². The molecule has 0 radical (unpaired) electrons. The molecule has 1 N–H and O–H groups in total. The highest BCUT2D eigenvalue weighted by Gasteiger charge is 2.28. The van der Waals surface area contributed by atoms with Crippen molar-refractivity contribution in [1.29, 1.82) is 0 Å². The molecular formula is C16H17N3O4. The van der Waals surface area contributed by atoms with E-state index in [0.29, 0.717) is 6.42 Å². The van der Waals surface area contributed by atoms with Gasteiger partial charge in [0.2, 0.25) is 12.0 Å². The largest absolute Gasteiger partial charge is 0.467 e. The van der Waals surface area contributed by atoms with Crippen molar-refractivity contribution in [2.45, 2.75) is 12.5 Å². The number of benzene rings is 1. The lowest BCUT2D eigenvalue weighted by atomic mass is 10.0. The molecule has 1 amide bonds. The Kier molecular flexibility index (Phi) is 5.28. The first-order valence-corrected chi connectivity index (χ1v) is 7.00. The summed E-state index contributed by atoms with van der Waals surface area (Å²) < 4.78 is 4.80. The van der Waals surface area contributed by atoms with Crippen LogP contribution in [0.2, 0.25) is 0 Å². The highest BCUT2D eigenvalue weighted by molar-refractivity contribution is 5.88. The number of hydrogen-bond acceptors (Lipinski definition) is 5. The highest BCUT2D eigenvalue weighted by Crippen LogP contribution is 2.20. The van der Waals surface area contributed by atoms with Crippen LogP contribution < -0.4 is 0 Å². The predicted octanol–water partition coefficient (Wildman–Crippen LogP) is 1.05. The van der Waals surface area contributed by atoms with Crippen LogP contribution in [0, 0.1) is 0 Å². The summed E-state index contributed by atoms with van der Waals surface area (Å²) in [4.78, 5) is 41.8. The summed E-state index contributed by atoms with van der Waals surface area (Å²) in [5.74, 6) is -0.982. The molecule has 0 aliphatic carbocycles. The number of methoxy groups -OCH3 is 1. The number of para-hydroxylation sites is 1. The van der Waals surface area contributed by atoms with Crippen LogP contribution in [0.5, 0.6) is 0 Å². The van der Waals surface area contributed by atoms with Crippen LogP contribution in [0.3, 0.4) is 0 Å². The van der Waals surface area contributed by atoms with E-state index in [0.717, 1.165) is 16.5 Å². The van der Waals surface area contributed by atoms with Gasteiger partial charge in [0.15, 0.2) is 0 Å². The number of nitrogens with one attached hydrogen (secondary N) is 1. The number of likely N-dealkylation sites (N-methyl/N-ethyl adjacent to an activating group) is 1. The molecule has 0 saturated carbocycles. The fourth-order valence-electron chi connectivity index (χ4n) is 2.41. The first-order valence-electron chi connectivity index (χ1n) is 7.00. The zero-order valence-corrected chi connectivity index (χ0v) is 12.9. The van der Waals surface area contributed by atoms with Crippen molar-refractivity contribution in [3.8, 4) is 0 Å². The minimum Gasteiger partial charge on any atom is -0.467 e. The molecule has 0 aliphatic rings. The Morgan fingerprint density at radius 1 is 1.39 bits per heavy atom. The number of ether oxygens (including phenoxy) is 1. The molecule has 0 aliphatic heterocycles. The maximum atomic E-state index is 12.1. The van der Waals surface area contributed by atoms with E-state index in [4.69, 9.17) is 4.74 Å². The van der Waals surface area contributed by atoms with Crippen molar-refractivity contribution >= 4 is 28.9 Å². The van der Waals surface area contributed by atoms with Crippen molar-refractivity contribution < 1.29 is 19.1 Å². The number of hydrogen-bond donors (Lipinski definition) is 1. The van der Waals surface area contributed by atoms with Gasteiger partial charge in [-0.3, -0.25) is 4.79 Å². The molecule has 1 aromatic heterocycles. The number of nitrogens with zero attached hydrogens (tertiary/aromatic N) is 2. The van der Waals surface area contributed by atoms with Crippen LogP contribution in [-0.2, 0) is 25.5 Å². The van der Waals surface area contributed by atoms with Crippen LogP contribution >= 0.6 is 0 Å². The van der Waals surface area contributed by atoms with Gasteiger partial charge in [0, 0.05) is 30.6 Å². The summed E-state index contributed by atoms with van der Waals surface area (Å²) >= 11 is 0. The number of rotatable bonds is 6. The second kappa shape index (κ2) is 7.38. The van der Waals surface area contributed by atoms with Gasteiger partial charge in [-0.1, -0.05) is 18.2 Å². The molecule has 2 aromatic rings. The number of aromatic nitrogens is 1. The number of isocyanates is 1. The second-order valence-electron chi connectivity index (χ2n) is 5.01. The Morgan fingerprint density at radius 3 is 2.83 bits per heavy atom. The fraction of sp³-hybridized carbons (Fsp3) is 0.312. The Labute approximate surface area is 132 Å². The van der Waals surface area contributed by atoms with Crippen molar-refractivity contribution in [3.05, 3.63) is 36.0 Å². The number of H-pyrrole nitrogens is 1. The Balaban J connectivity index is 2.26. The molecule has 1 heterocycles. The first kappa shape index (κ1) is 16.5. The summed E-state index contributed by atoms with van der Waals surface area (Å²) in [5, 5.41) is 0.980. The van der Waals surface area contributed by atoms with E-state index in [1.165, 1.54) is 25.1 Å². The van der Waals surface area contributed by atoms with E-state index in [9.17, 15) is 14.4 Å². The van der Waals surface area contributed by atoms with Gasteiger partial charge in [-0.05, 0) is 11.6 Å². The monoisotopic (exact) mass is 315 g/mol. The number of esters is 1. The number of aromatic amines is 1. The average Bonchev–Trinajstić information content (AvgIpc) is 2.99. The molecule has 0 fully saturated rings. The third-order valence-corrected chi connectivity index (χ3v) is 3.70. The van der Waals surface area contributed by atoms with Crippen molar-refractivity contribution in [3.63, 3.8) is 0 Å². The standard InChI is InChI=1S/C16H17N3O4/c1-19(15(21)9-17-10-20)14(16(22)23-2)7-11-8-18-13-6-4-3-5-12(11)13/h3-6,8,14,18H,7,9H2,1-2H3. The normalized spacial score (nSPS) is 11.6. The quantitative estimate of drug-likeness (QED) is 0.490. The van der Waals surface area contributed by atoms with E-state index < -0.39 is 17.9 Å². The van der Waals surface area contributed by atoms with Crippen LogP contribution in [0.4, 0.5) is 0 Å². The summed E-state index contributed by atoms with van der Waals surface area (Å²) in [7, 11) is 2.76. The molecule has 0 spiro atoms. The van der Waals surface area contributed by atoms with Gasteiger partial charge >= 0.3 is 5.97 Å². The van der Waals surface area contributed by atoms with Crippen LogP contribution in [0.15, 0.2) is 35.5 Å². The fourth-order valence-corrected chi connectivity index (χ4v) is 2.41. The van der Waals surface area contributed by atoms with Crippen LogP contribution in [0.25, 0.3) is 10.9 Å². The van der Waals surface area contributed by atoms with Gasteiger partial charge in [0.05, 0.1) is 7.11 Å². The summed E-state index contributed by atoms with van der Waals surface area (Å²) in [6.07, 6.45) is 3.42. The van der Waals surface area contributed by atoms with E-state index in [-0.39, 0.29) is 6.54 Å². The summed E-state index contributed by atoms with van der Waals surface area (Å²) in [5.41, 5.74) is 1.85. The van der Waals surface area contributed by atoms with Gasteiger partial charge in [0.1, 0.15) is 12.6 Å². The Bertz CT molecular complexity index is 762. The van der Waals surface area contributed by atoms with Gasteiger partial charge in [-0.15, -0.1) is 0 Å². The molecule has 2 rings (SSSR count). The minimum absolute atomic E-state index is 0.295. The van der Waals surface area contributed by atoms with Crippen molar-refractivity contribution in [2.75, 3.05) is 20.7 Å². The smallest absolute Gasteiger partial charge is 0.328 e. The summed E-state index contributed by atoms with van der Waals surface area (Å²) in [6.45, 7) is -0.346. The van der Waals surface area contributed by atoms with E-state index in [1.807, 2.05) is 30.5 Å². The Hall–Kier alpha value is -2.92. The lowest BCUT2D eigenvalue weighted by molar-refractivity contribution is -0.151. The second-order valence-corrected chi connectivity index (χ2v) is 5.01. The van der Waals surface area contributed by atoms with E-state index in [2.05, 4.69) is 9.98 Å². The van der Waals surface area contributed by atoms with Crippen molar-refractivity contribution in [1.82, 2.24) is 9.88 Å². The lowest BCUT2D eigenvalue weighted by Gasteiger charge is -2.25. The number of carbonyl (C=O) groups is 2. The average molecular weight is 315 g/mol. The molecule has 1 atom stereocenters. The first-order chi connectivity index (χ1) is 11.1. The summed E-state index contributed by atoms with van der Waals surface area (Å²) in [6, 6.07) is 6.88. The van der Waals surface area contributed by atoms with Gasteiger partial charge in [0.25, 0.3) is 0 Å². The third kappa shape index (κ3) is 3.64. The molecule has 7 nitrogen and oxygen atoms in total. The molecule has 1 aromatic carbocycles. The minimum atomic E-state index is -0.798. The van der Waals surface area contributed by atoms with Gasteiger partial charge < -0.3 is 14.6 Å². The maximum absolute atomic E-state index is 12.1. The number of aliphatic imine (C=N–C) groups is 1. The van der Waals surface area contributed by atoms with Crippen LogP contribution in [0.1, 0.15) is 5.56 Å². The van der Waals surface area contributed by atoms with Gasteiger partial charge in [-0.25, -0.2) is 9.59 Å². The SMILES string of the molecule is COC(=O)C(Cc1c[nH]c2ccccc12)N(C)C(=O)CN=C=O. The number of amides is 1. The van der Waals surface area contributed by atoms with Crippen LogP contribution in [-0.4, -0.2) is 54.6 Å². The zero-order chi connectivity index (χ0) is 16.8. The Morgan fingerprint density at radius 2 is 2.13 bits per heavy atom. The molecular weight excluding hydrogens is 298 g/mol. The van der Waals surface area contributed by atoms with Crippen molar-refractivity contribution in [2.24, 2.45) is 4.99 Å². The predicted molar refractivity (Wildman–Crippen MR) is 83.6 cm³/mol. The molecule has 7 heteroatoms. The molecule has 23 heavy (non-hydrogen) atoms. The lowest BCUT2D eigenvalue weighted by Crippen LogP contribution is -2.45. The molecule has 1 unspecified atom stereocenters. The number of carbonyl (C=O) groups excluding carboxylic acids is 3. The molecule has 0 bridgehead atoms. The molecule has 120 valence electrons. The maximum Gasteiger partial charge on any atom is 0.328 e. The highest BCUT2D eigenvalue weighted by atomic mass is 16.5. The van der Waals surface area contributed by atoms with E-state index >= 15 is 0 Å².